The average Bonchev–Trinajstić information content (AvgIpc) is 2.57. The maximum absolute atomic E-state index is 13.0. The van der Waals surface area contributed by atoms with Crippen molar-refractivity contribution in [3.05, 3.63) is 84.2 Å². The van der Waals surface area contributed by atoms with Crippen molar-refractivity contribution in [3.8, 4) is 22.6 Å². The van der Waals surface area contributed by atoms with E-state index in [1.807, 2.05) is 18.2 Å². The predicted octanol–water partition coefficient (Wildman–Crippen LogP) is 4.98. The molecule has 3 nitrogen and oxygen atoms in total. The van der Waals surface area contributed by atoms with Crippen molar-refractivity contribution in [3.63, 3.8) is 0 Å². The van der Waals surface area contributed by atoms with Gasteiger partial charge in [-0.15, -0.1) is 0 Å². The zero-order valence-electron chi connectivity index (χ0n) is 12.1. The van der Waals surface area contributed by atoms with Crippen LogP contribution in [0.5, 0.6) is 11.5 Å². The minimum Gasteiger partial charge on any atom is -0.478 e. The van der Waals surface area contributed by atoms with Crippen LogP contribution in [-0.2, 0) is 0 Å². The number of carboxylic acids is 1. The highest BCUT2D eigenvalue weighted by Crippen LogP contribution is 2.30. The predicted molar refractivity (Wildman–Crippen MR) is 85.3 cm³/mol. The SMILES string of the molecule is O=C(O)c1cc(-c2ccc(F)cc2)ccc1Oc1ccccc1. The van der Waals surface area contributed by atoms with Gasteiger partial charge in [0.2, 0.25) is 0 Å². The molecule has 3 rings (SSSR count). The third-order valence-electron chi connectivity index (χ3n) is 3.36. The first kappa shape index (κ1) is 14.8. The van der Waals surface area contributed by atoms with E-state index in [9.17, 15) is 14.3 Å². The van der Waals surface area contributed by atoms with Crippen LogP contribution in [0.15, 0.2) is 72.8 Å². The van der Waals surface area contributed by atoms with Gasteiger partial charge in [-0.25, -0.2) is 9.18 Å². The largest absolute Gasteiger partial charge is 0.478 e. The molecule has 4 heteroatoms. The zero-order chi connectivity index (χ0) is 16.2. The Kier molecular flexibility index (Phi) is 4.06. The molecule has 0 unspecified atom stereocenters. The molecule has 114 valence electrons. The van der Waals surface area contributed by atoms with E-state index in [0.29, 0.717) is 11.3 Å². The van der Waals surface area contributed by atoms with Crippen molar-refractivity contribution in [1.82, 2.24) is 0 Å². The van der Waals surface area contributed by atoms with E-state index in [1.165, 1.54) is 18.2 Å². The Morgan fingerprint density at radius 1 is 0.870 bits per heavy atom. The number of carboxylic acid groups (broad SMARTS) is 1. The van der Waals surface area contributed by atoms with Crippen LogP contribution in [0.25, 0.3) is 11.1 Å². The first-order valence-corrected chi connectivity index (χ1v) is 7.00. The van der Waals surface area contributed by atoms with Gasteiger partial charge in [0.05, 0.1) is 0 Å². The average molecular weight is 308 g/mol. The Morgan fingerprint density at radius 3 is 2.17 bits per heavy atom. The molecular weight excluding hydrogens is 295 g/mol. The number of para-hydroxylation sites is 1. The molecule has 0 fully saturated rings. The Morgan fingerprint density at radius 2 is 1.52 bits per heavy atom. The van der Waals surface area contributed by atoms with Gasteiger partial charge in [0, 0.05) is 0 Å². The number of halogens is 1. The van der Waals surface area contributed by atoms with Crippen molar-refractivity contribution < 1.29 is 19.0 Å². The minimum absolute atomic E-state index is 0.0516. The maximum atomic E-state index is 13.0. The summed E-state index contributed by atoms with van der Waals surface area (Å²) in [4.78, 5) is 11.5. The fourth-order valence-electron chi connectivity index (χ4n) is 2.22. The number of benzene rings is 3. The van der Waals surface area contributed by atoms with Crippen LogP contribution >= 0.6 is 0 Å². The summed E-state index contributed by atoms with van der Waals surface area (Å²) in [6.45, 7) is 0. The molecule has 3 aromatic rings. The fourth-order valence-corrected chi connectivity index (χ4v) is 2.22. The Balaban J connectivity index is 1.99. The Hall–Kier alpha value is -3.14. The summed E-state index contributed by atoms with van der Waals surface area (Å²) in [5.41, 5.74) is 1.47. The van der Waals surface area contributed by atoms with Gasteiger partial charge >= 0.3 is 5.97 Å². The molecule has 0 aliphatic rings. The van der Waals surface area contributed by atoms with E-state index in [-0.39, 0.29) is 17.1 Å². The molecular formula is C19H13FO3. The van der Waals surface area contributed by atoms with Crippen LogP contribution < -0.4 is 4.74 Å². The summed E-state index contributed by atoms with van der Waals surface area (Å²) in [6.07, 6.45) is 0. The number of hydrogen-bond acceptors (Lipinski definition) is 2. The van der Waals surface area contributed by atoms with Gasteiger partial charge in [-0.1, -0.05) is 36.4 Å². The number of rotatable bonds is 4. The summed E-state index contributed by atoms with van der Waals surface area (Å²) in [5, 5.41) is 9.42. The smallest absolute Gasteiger partial charge is 0.339 e. The standard InChI is InChI=1S/C19H13FO3/c20-15-9-6-13(7-10-15)14-8-11-18(17(12-14)19(21)22)23-16-4-2-1-3-5-16/h1-12H,(H,21,22). The molecule has 0 aliphatic heterocycles. The molecule has 0 spiro atoms. The van der Waals surface area contributed by atoms with E-state index >= 15 is 0 Å². The van der Waals surface area contributed by atoms with Gasteiger partial charge in [0.25, 0.3) is 0 Å². The molecule has 23 heavy (non-hydrogen) atoms. The molecule has 0 aromatic heterocycles. The van der Waals surface area contributed by atoms with E-state index < -0.39 is 5.97 Å². The second-order valence-corrected chi connectivity index (χ2v) is 4.94. The molecule has 0 radical (unpaired) electrons. The first-order chi connectivity index (χ1) is 11.1. The van der Waals surface area contributed by atoms with Gasteiger partial charge in [-0.3, -0.25) is 0 Å². The lowest BCUT2D eigenvalue weighted by Gasteiger charge is -2.11. The molecule has 0 amide bonds. The quantitative estimate of drug-likeness (QED) is 0.739. The molecule has 3 aromatic carbocycles. The second kappa shape index (κ2) is 6.32. The highest BCUT2D eigenvalue weighted by Gasteiger charge is 2.14. The van der Waals surface area contributed by atoms with Gasteiger partial charge in [-0.2, -0.15) is 0 Å². The number of carbonyl (C=O) groups is 1. The lowest BCUT2D eigenvalue weighted by Crippen LogP contribution is -2.00. The van der Waals surface area contributed by atoms with E-state index in [0.717, 1.165) is 5.56 Å². The van der Waals surface area contributed by atoms with Gasteiger partial charge < -0.3 is 9.84 Å². The molecule has 0 saturated carbocycles. The summed E-state index contributed by atoms with van der Waals surface area (Å²) < 4.78 is 18.6. The van der Waals surface area contributed by atoms with Crippen LogP contribution in [0, 0.1) is 5.82 Å². The fraction of sp³-hybridized carbons (Fsp3) is 0. The van der Waals surface area contributed by atoms with Crippen molar-refractivity contribution in [2.45, 2.75) is 0 Å². The Labute approximate surface area is 132 Å². The Bertz CT molecular complexity index is 827. The lowest BCUT2D eigenvalue weighted by molar-refractivity contribution is 0.0694. The number of ether oxygens (including phenoxy) is 1. The summed E-state index contributed by atoms with van der Waals surface area (Å²) in [7, 11) is 0. The normalized spacial score (nSPS) is 10.3. The highest BCUT2D eigenvalue weighted by molar-refractivity contribution is 5.92. The van der Waals surface area contributed by atoms with E-state index in [2.05, 4.69) is 0 Å². The van der Waals surface area contributed by atoms with Crippen molar-refractivity contribution in [2.75, 3.05) is 0 Å². The van der Waals surface area contributed by atoms with Gasteiger partial charge in [0.1, 0.15) is 22.9 Å². The first-order valence-electron chi connectivity index (χ1n) is 7.00. The van der Waals surface area contributed by atoms with Crippen molar-refractivity contribution in [2.24, 2.45) is 0 Å². The van der Waals surface area contributed by atoms with E-state index in [4.69, 9.17) is 4.74 Å². The minimum atomic E-state index is -1.08. The van der Waals surface area contributed by atoms with Gasteiger partial charge in [-0.05, 0) is 47.5 Å². The molecule has 0 atom stereocenters. The third kappa shape index (κ3) is 3.37. The molecule has 0 aliphatic carbocycles. The monoisotopic (exact) mass is 308 g/mol. The molecule has 0 bridgehead atoms. The van der Waals surface area contributed by atoms with Crippen LogP contribution in [0.4, 0.5) is 4.39 Å². The van der Waals surface area contributed by atoms with E-state index in [1.54, 1.807) is 36.4 Å². The highest BCUT2D eigenvalue weighted by atomic mass is 19.1. The molecule has 0 heterocycles. The number of aromatic carboxylic acids is 1. The third-order valence-corrected chi connectivity index (χ3v) is 3.36. The molecule has 1 N–H and O–H groups in total. The van der Waals surface area contributed by atoms with Crippen LogP contribution in [0.2, 0.25) is 0 Å². The summed E-state index contributed by atoms with van der Waals surface area (Å²) in [6, 6.07) is 19.7. The maximum Gasteiger partial charge on any atom is 0.339 e. The van der Waals surface area contributed by atoms with Gasteiger partial charge in [0.15, 0.2) is 0 Å². The second-order valence-electron chi connectivity index (χ2n) is 4.94. The van der Waals surface area contributed by atoms with Crippen LogP contribution in [0.1, 0.15) is 10.4 Å². The topological polar surface area (TPSA) is 46.5 Å². The van der Waals surface area contributed by atoms with Crippen molar-refractivity contribution >= 4 is 5.97 Å². The lowest BCUT2D eigenvalue weighted by atomic mass is 10.0. The van der Waals surface area contributed by atoms with Crippen LogP contribution in [0.3, 0.4) is 0 Å². The van der Waals surface area contributed by atoms with Crippen molar-refractivity contribution in [1.29, 1.82) is 0 Å². The molecule has 0 saturated heterocycles. The summed E-state index contributed by atoms with van der Waals surface area (Å²) in [5.74, 6) is -0.602. The summed E-state index contributed by atoms with van der Waals surface area (Å²) >= 11 is 0. The van der Waals surface area contributed by atoms with Crippen LogP contribution in [-0.4, -0.2) is 11.1 Å². The zero-order valence-corrected chi connectivity index (χ0v) is 12.1. The number of hydrogen-bond donors (Lipinski definition) is 1.